The molecule has 0 amide bonds. The van der Waals surface area contributed by atoms with Crippen LogP contribution in [0.3, 0.4) is 0 Å². The van der Waals surface area contributed by atoms with Crippen LogP contribution < -0.4 is 15.7 Å². The Bertz CT molecular complexity index is 860. The molecule has 7 heteroatoms. The highest BCUT2D eigenvalue weighted by atomic mass is 16.7. The van der Waals surface area contributed by atoms with Crippen molar-refractivity contribution in [3.8, 4) is 11.5 Å². The second kappa shape index (κ2) is 7.38. The first kappa shape index (κ1) is 22.4. The molecule has 31 heavy (non-hydrogen) atoms. The molecule has 0 bridgehead atoms. The predicted octanol–water partition coefficient (Wildman–Crippen LogP) is 4.08. The van der Waals surface area contributed by atoms with Crippen LogP contribution in [0, 0.1) is 0 Å². The molecule has 164 valence electrons. The maximum Gasteiger partial charge on any atom is 0.498 e. The fourth-order valence-electron chi connectivity index (χ4n) is 3.59. The first-order valence-electron chi connectivity index (χ1n) is 10.9. The van der Waals surface area contributed by atoms with E-state index in [0.29, 0.717) is 11.5 Å². The van der Waals surface area contributed by atoms with Crippen LogP contribution in [0.15, 0.2) is 48.5 Å². The van der Waals surface area contributed by atoms with Crippen LogP contribution in [0.4, 0.5) is 0 Å². The summed E-state index contributed by atoms with van der Waals surface area (Å²) in [4.78, 5) is 0. The molecule has 2 aliphatic heterocycles. The lowest BCUT2D eigenvalue weighted by Gasteiger charge is -2.32. The van der Waals surface area contributed by atoms with Gasteiger partial charge in [0.15, 0.2) is 0 Å². The molecule has 0 unspecified atom stereocenters. The molecule has 0 radical (unpaired) electrons. The van der Waals surface area contributed by atoms with Gasteiger partial charge in [0, 0.05) is 10.9 Å². The molecular formula is C24H32B2O5. The highest BCUT2D eigenvalue weighted by Crippen LogP contribution is 2.39. The summed E-state index contributed by atoms with van der Waals surface area (Å²) in [5.74, 6) is 1.37. The average molecular weight is 422 g/mol. The van der Waals surface area contributed by atoms with Gasteiger partial charge >= 0.3 is 14.2 Å². The van der Waals surface area contributed by atoms with E-state index in [1.165, 1.54) is 0 Å². The third-order valence-electron chi connectivity index (χ3n) is 7.07. The van der Waals surface area contributed by atoms with Gasteiger partial charge in [-0.25, -0.2) is 0 Å². The molecule has 2 saturated heterocycles. The van der Waals surface area contributed by atoms with Crippen molar-refractivity contribution in [1.29, 1.82) is 0 Å². The van der Waals surface area contributed by atoms with Crippen molar-refractivity contribution >= 4 is 25.2 Å². The van der Waals surface area contributed by atoms with Gasteiger partial charge in [-0.15, -0.1) is 0 Å². The van der Waals surface area contributed by atoms with Crippen molar-refractivity contribution < 1.29 is 23.4 Å². The van der Waals surface area contributed by atoms with E-state index in [4.69, 9.17) is 23.4 Å². The Labute approximate surface area is 186 Å². The Kier molecular flexibility index (Phi) is 5.33. The number of hydrogen-bond donors (Lipinski definition) is 0. The summed E-state index contributed by atoms with van der Waals surface area (Å²) in [5, 5.41) is 0. The van der Waals surface area contributed by atoms with Crippen molar-refractivity contribution in [2.24, 2.45) is 0 Å². The summed E-state index contributed by atoms with van der Waals surface area (Å²) in [6.07, 6.45) is 0. The molecule has 0 saturated carbocycles. The predicted molar refractivity (Wildman–Crippen MR) is 124 cm³/mol. The van der Waals surface area contributed by atoms with Gasteiger partial charge in [0.05, 0.1) is 22.4 Å². The fraction of sp³-hybridized carbons (Fsp3) is 0.500. The highest BCUT2D eigenvalue weighted by molar-refractivity contribution is 6.64. The average Bonchev–Trinajstić information content (AvgIpc) is 3.02. The van der Waals surface area contributed by atoms with Crippen molar-refractivity contribution in [1.82, 2.24) is 0 Å². The number of ether oxygens (including phenoxy) is 1. The third kappa shape index (κ3) is 3.93. The molecule has 0 spiro atoms. The Balaban J connectivity index is 1.64. The molecule has 2 fully saturated rings. The number of rotatable bonds is 4. The zero-order chi connectivity index (χ0) is 22.7. The monoisotopic (exact) mass is 422 g/mol. The summed E-state index contributed by atoms with van der Waals surface area (Å²) < 4.78 is 31.5. The van der Waals surface area contributed by atoms with E-state index in [-0.39, 0.29) is 0 Å². The second-order valence-electron chi connectivity index (χ2n) is 10.4. The first-order chi connectivity index (χ1) is 14.3. The largest absolute Gasteiger partial charge is 0.498 e. The van der Waals surface area contributed by atoms with Gasteiger partial charge in [0.1, 0.15) is 11.5 Å². The van der Waals surface area contributed by atoms with E-state index in [1.54, 1.807) is 0 Å². The lowest BCUT2D eigenvalue weighted by Crippen LogP contribution is -2.41. The van der Waals surface area contributed by atoms with E-state index in [1.807, 2.05) is 104 Å². The maximum absolute atomic E-state index is 6.42. The topological polar surface area (TPSA) is 46.2 Å². The van der Waals surface area contributed by atoms with Crippen molar-refractivity contribution in [2.45, 2.75) is 77.8 Å². The van der Waals surface area contributed by atoms with Crippen molar-refractivity contribution in [3.63, 3.8) is 0 Å². The Morgan fingerprint density at radius 1 is 0.516 bits per heavy atom. The van der Waals surface area contributed by atoms with E-state index < -0.39 is 36.6 Å². The molecule has 2 heterocycles. The van der Waals surface area contributed by atoms with Crippen LogP contribution in [0.25, 0.3) is 0 Å². The van der Waals surface area contributed by atoms with Crippen LogP contribution in [0.2, 0.25) is 0 Å². The molecule has 2 aromatic rings. The van der Waals surface area contributed by atoms with Crippen LogP contribution >= 0.6 is 0 Å². The minimum absolute atomic E-state index is 0.425. The molecule has 0 atom stereocenters. The van der Waals surface area contributed by atoms with Crippen LogP contribution in [0.1, 0.15) is 55.4 Å². The van der Waals surface area contributed by atoms with E-state index in [0.717, 1.165) is 10.9 Å². The zero-order valence-electron chi connectivity index (χ0n) is 19.8. The van der Waals surface area contributed by atoms with Crippen LogP contribution in [-0.2, 0) is 18.6 Å². The molecule has 2 aromatic carbocycles. The maximum atomic E-state index is 6.42. The van der Waals surface area contributed by atoms with Crippen LogP contribution in [0.5, 0.6) is 11.5 Å². The lowest BCUT2D eigenvalue weighted by molar-refractivity contribution is 0.00578. The van der Waals surface area contributed by atoms with Gasteiger partial charge in [-0.1, -0.05) is 36.4 Å². The first-order valence-corrected chi connectivity index (χ1v) is 10.9. The molecule has 0 aromatic heterocycles. The number of benzene rings is 2. The Hall–Kier alpha value is -1.79. The van der Waals surface area contributed by atoms with E-state index >= 15 is 0 Å². The molecule has 0 N–H and O–H groups in total. The summed E-state index contributed by atoms with van der Waals surface area (Å²) in [6.45, 7) is 16.4. The van der Waals surface area contributed by atoms with Gasteiger partial charge in [0.2, 0.25) is 0 Å². The van der Waals surface area contributed by atoms with Gasteiger partial charge in [-0.05, 0) is 67.5 Å². The normalized spacial score (nSPS) is 23.2. The standard InChI is InChI=1S/C24H32B2O5/c1-21(2)22(3,4)29-25(28-21)17-13-9-11-15-19(17)27-20-16-12-10-14-18(20)26-30-23(5,6)24(7,8)31-26/h9-16H,1-8H3. The fourth-order valence-corrected chi connectivity index (χ4v) is 3.59. The SMILES string of the molecule is CC1(C)OB(c2ccccc2Oc2ccccc2B2OC(C)(C)C(C)(C)O2)OC1(C)C. The van der Waals surface area contributed by atoms with E-state index in [2.05, 4.69) is 0 Å². The summed E-state index contributed by atoms with van der Waals surface area (Å²) in [7, 11) is -1.02. The summed E-state index contributed by atoms with van der Waals surface area (Å²) >= 11 is 0. The van der Waals surface area contributed by atoms with Crippen molar-refractivity contribution in [3.05, 3.63) is 48.5 Å². The van der Waals surface area contributed by atoms with Gasteiger partial charge < -0.3 is 23.4 Å². The molecule has 2 aliphatic rings. The lowest BCUT2D eigenvalue weighted by atomic mass is 9.77. The van der Waals surface area contributed by atoms with Crippen LogP contribution in [-0.4, -0.2) is 36.6 Å². The smallest absolute Gasteiger partial charge is 0.458 e. The quantitative estimate of drug-likeness (QED) is 0.696. The van der Waals surface area contributed by atoms with Gasteiger partial charge in [0.25, 0.3) is 0 Å². The number of hydrogen-bond acceptors (Lipinski definition) is 5. The Morgan fingerprint density at radius 3 is 1.13 bits per heavy atom. The summed E-state index contributed by atoms with van der Waals surface area (Å²) in [5.41, 5.74) is 0.00258. The van der Waals surface area contributed by atoms with E-state index in [9.17, 15) is 0 Å². The van der Waals surface area contributed by atoms with Crippen molar-refractivity contribution in [2.75, 3.05) is 0 Å². The number of para-hydroxylation sites is 2. The van der Waals surface area contributed by atoms with Gasteiger partial charge in [-0.2, -0.15) is 0 Å². The minimum atomic E-state index is -0.509. The molecule has 4 rings (SSSR count). The zero-order valence-corrected chi connectivity index (χ0v) is 19.8. The second-order valence-corrected chi connectivity index (χ2v) is 10.4. The highest BCUT2D eigenvalue weighted by Gasteiger charge is 2.53. The molecule has 5 nitrogen and oxygen atoms in total. The third-order valence-corrected chi connectivity index (χ3v) is 7.07. The van der Waals surface area contributed by atoms with Gasteiger partial charge in [-0.3, -0.25) is 0 Å². The summed E-state index contributed by atoms with van der Waals surface area (Å²) in [6, 6.07) is 15.6. The molecular weight excluding hydrogens is 390 g/mol. The minimum Gasteiger partial charge on any atom is -0.458 e. The Morgan fingerprint density at radius 2 is 0.806 bits per heavy atom. The molecule has 0 aliphatic carbocycles.